The van der Waals surface area contributed by atoms with Gasteiger partial charge in [0, 0.05) is 27.2 Å². The van der Waals surface area contributed by atoms with Gasteiger partial charge in [-0.3, -0.25) is 0 Å². The Bertz CT molecular complexity index is 568. The summed E-state index contributed by atoms with van der Waals surface area (Å²) in [6.45, 7) is 3.95. The summed E-state index contributed by atoms with van der Waals surface area (Å²) in [5.74, 6) is 0.746. The van der Waals surface area contributed by atoms with Crippen LogP contribution in [-0.4, -0.2) is 44.3 Å². The van der Waals surface area contributed by atoms with Gasteiger partial charge in [0.1, 0.15) is 5.00 Å². The van der Waals surface area contributed by atoms with Crippen LogP contribution in [0.1, 0.15) is 26.2 Å². The highest BCUT2D eigenvalue weighted by atomic mass is 32.2. The molecule has 0 amide bonds. The molecule has 1 aliphatic rings. The van der Waals surface area contributed by atoms with E-state index in [4.69, 9.17) is 5.73 Å². The lowest BCUT2D eigenvalue weighted by Gasteiger charge is -2.19. The van der Waals surface area contributed by atoms with Gasteiger partial charge in [0.25, 0.3) is 0 Å². The lowest BCUT2D eigenvalue weighted by Crippen LogP contribution is -2.26. The van der Waals surface area contributed by atoms with E-state index in [9.17, 15) is 8.42 Å². The van der Waals surface area contributed by atoms with Crippen LogP contribution in [0.2, 0.25) is 0 Å². The summed E-state index contributed by atoms with van der Waals surface area (Å²) < 4.78 is 30.0. The van der Waals surface area contributed by atoms with Gasteiger partial charge >= 0.3 is 0 Å². The van der Waals surface area contributed by atoms with Gasteiger partial charge in [0.05, 0.1) is 0 Å². The Labute approximate surface area is 124 Å². The molecule has 1 aromatic rings. The molecule has 20 heavy (non-hydrogen) atoms. The number of nitrogens with zero attached hydrogens (tertiary/aromatic N) is 3. The smallest absolute Gasteiger partial charge is 0.249 e. The predicted molar refractivity (Wildman–Crippen MR) is 82.6 cm³/mol. The highest BCUT2D eigenvalue weighted by Crippen LogP contribution is 2.38. The van der Waals surface area contributed by atoms with Crippen molar-refractivity contribution in [3.63, 3.8) is 0 Å². The summed E-state index contributed by atoms with van der Waals surface area (Å²) in [6.07, 6.45) is 3.44. The van der Waals surface area contributed by atoms with Crippen LogP contribution < -0.4 is 10.6 Å². The number of hydrogen-bond donors (Lipinski definition) is 1. The Kier molecular flexibility index (Phi) is 4.55. The molecule has 2 heterocycles. The molecule has 2 N–H and O–H groups in total. The van der Waals surface area contributed by atoms with Gasteiger partial charge in [-0.15, -0.1) is 0 Å². The van der Waals surface area contributed by atoms with Crippen LogP contribution in [0.5, 0.6) is 0 Å². The van der Waals surface area contributed by atoms with Crippen LogP contribution in [0, 0.1) is 5.92 Å². The molecule has 1 aromatic heterocycles. The Hall–Kier alpha value is -0.860. The molecular weight excluding hydrogens is 296 g/mol. The third-order valence-corrected chi connectivity index (χ3v) is 6.60. The molecule has 0 saturated carbocycles. The van der Waals surface area contributed by atoms with Crippen molar-refractivity contribution in [3.8, 4) is 0 Å². The van der Waals surface area contributed by atoms with E-state index in [1.165, 1.54) is 36.4 Å². The van der Waals surface area contributed by atoms with Gasteiger partial charge in [0.15, 0.2) is 10.7 Å². The minimum absolute atomic E-state index is 0.109. The molecule has 1 fully saturated rings. The molecule has 0 aliphatic carbocycles. The molecule has 1 atom stereocenters. The van der Waals surface area contributed by atoms with Crippen molar-refractivity contribution < 1.29 is 8.42 Å². The summed E-state index contributed by atoms with van der Waals surface area (Å²) in [6, 6.07) is 0. The van der Waals surface area contributed by atoms with Crippen LogP contribution in [0.3, 0.4) is 0 Å². The van der Waals surface area contributed by atoms with E-state index in [2.05, 4.69) is 16.2 Å². The van der Waals surface area contributed by atoms with Gasteiger partial charge in [-0.25, -0.2) is 12.7 Å². The maximum absolute atomic E-state index is 12.4. The van der Waals surface area contributed by atoms with Crippen molar-refractivity contribution >= 4 is 32.4 Å². The number of aromatic nitrogens is 1. The maximum Gasteiger partial charge on any atom is 0.249 e. The zero-order chi connectivity index (χ0) is 14.9. The van der Waals surface area contributed by atoms with E-state index < -0.39 is 10.0 Å². The highest BCUT2D eigenvalue weighted by Gasteiger charge is 2.33. The van der Waals surface area contributed by atoms with Gasteiger partial charge in [-0.1, -0.05) is 13.3 Å². The Morgan fingerprint density at radius 3 is 2.80 bits per heavy atom. The molecule has 6 nitrogen and oxygen atoms in total. The topological polar surface area (TPSA) is 79.5 Å². The summed E-state index contributed by atoms with van der Waals surface area (Å²) in [5.41, 5.74) is 5.79. The van der Waals surface area contributed by atoms with Crippen molar-refractivity contribution in [2.75, 3.05) is 37.8 Å². The van der Waals surface area contributed by atoms with Crippen molar-refractivity contribution in [2.45, 2.75) is 31.1 Å². The highest BCUT2D eigenvalue weighted by molar-refractivity contribution is 7.89. The van der Waals surface area contributed by atoms with Crippen molar-refractivity contribution in [3.05, 3.63) is 0 Å². The molecular formula is C12H22N4O2S2. The van der Waals surface area contributed by atoms with E-state index in [1.807, 2.05) is 0 Å². The van der Waals surface area contributed by atoms with Crippen LogP contribution in [0.4, 0.5) is 10.8 Å². The fourth-order valence-electron chi connectivity index (χ4n) is 2.57. The summed E-state index contributed by atoms with van der Waals surface area (Å²) >= 11 is 1.18. The second-order valence-electron chi connectivity index (χ2n) is 5.38. The number of sulfonamides is 1. The Balaban J connectivity index is 2.32. The van der Waals surface area contributed by atoms with E-state index in [-0.39, 0.29) is 10.7 Å². The molecule has 1 unspecified atom stereocenters. The predicted octanol–water partition coefficient (Wildman–Crippen LogP) is 1.60. The molecule has 114 valence electrons. The van der Waals surface area contributed by atoms with Crippen LogP contribution in [0.15, 0.2) is 4.90 Å². The van der Waals surface area contributed by atoms with Crippen LogP contribution in [0.25, 0.3) is 0 Å². The first-order valence-electron chi connectivity index (χ1n) is 6.80. The monoisotopic (exact) mass is 318 g/mol. The van der Waals surface area contributed by atoms with Crippen molar-refractivity contribution in [1.82, 2.24) is 8.68 Å². The third kappa shape index (κ3) is 2.77. The summed E-state index contributed by atoms with van der Waals surface area (Å²) in [5, 5.41) is 0.690. The van der Waals surface area contributed by atoms with Gasteiger partial charge in [-0.2, -0.15) is 4.37 Å². The third-order valence-electron chi connectivity index (χ3n) is 3.67. The lowest BCUT2D eigenvalue weighted by atomic mass is 10.0. The standard InChI is InChI=1S/C12H22N4O2S2/c1-4-5-9-6-7-16(8-9)12-10(11(13)14-19-12)20(17,18)15(2)3/h9H,4-8H2,1-3H3,(H2,13,14). The van der Waals surface area contributed by atoms with Crippen molar-refractivity contribution in [2.24, 2.45) is 5.92 Å². The minimum Gasteiger partial charge on any atom is -0.382 e. The van der Waals surface area contributed by atoms with Crippen LogP contribution >= 0.6 is 11.5 Å². The number of rotatable bonds is 5. The van der Waals surface area contributed by atoms with Gasteiger partial charge in [-0.05, 0) is 30.3 Å². The Morgan fingerprint density at radius 2 is 2.20 bits per heavy atom. The molecule has 0 radical (unpaired) electrons. The largest absolute Gasteiger partial charge is 0.382 e. The molecule has 8 heteroatoms. The van der Waals surface area contributed by atoms with Gasteiger partial charge < -0.3 is 10.6 Å². The minimum atomic E-state index is -3.55. The average molecular weight is 318 g/mol. The first kappa shape index (κ1) is 15.5. The zero-order valence-corrected chi connectivity index (χ0v) is 13.8. The van der Waals surface area contributed by atoms with E-state index in [0.717, 1.165) is 25.9 Å². The molecule has 2 rings (SSSR count). The molecule has 0 bridgehead atoms. The van der Waals surface area contributed by atoms with Crippen LogP contribution in [-0.2, 0) is 10.0 Å². The first-order valence-corrected chi connectivity index (χ1v) is 9.01. The average Bonchev–Trinajstić information content (AvgIpc) is 2.96. The second-order valence-corrected chi connectivity index (χ2v) is 8.22. The maximum atomic E-state index is 12.4. The molecule has 0 spiro atoms. The van der Waals surface area contributed by atoms with E-state index in [1.54, 1.807) is 0 Å². The van der Waals surface area contributed by atoms with Crippen molar-refractivity contribution in [1.29, 1.82) is 0 Å². The van der Waals surface area contributed by atoms with Gasteiger partial charge in [0.2, 0.25) is 10.0 Å². The molecule has 1 saturated heterocycles. The number of anilines is 2. The fourth-order valence-corrected chi connectivity index (χ4v) is 4.83. The fraction of sp³-hybridized carbons (Fsp3) is 0.750. The normalized spacial score (nSPS) is 20.0. The Morgan fingerprint density at radius 1 is 1.50 bits per heavy atom. The number of nitrogens with two attached hydrogens (primary N) is 1. The van der Waals surface area contributed by atoms with E-state index in [0.29, 0.717) is 10.9 Å². The molecule has 0 aromatic carbocycles. The quantitative estimate of drug-likeness (QED) is 0.892. The lowest BCUT2D eigenvalue weighted by molar-refractivity contribution is 0.520. The second kappa shape index (κ2) is 5.87. The number of nitrogen functional groups attached to an aromatic ring is 1. The summed E-state index contributed by atoms with van der Waals surface area (Å²) in [7, 11) is -0.520. The van der Waals surface area contributed by atoms with E-state index >= 15 is 0 Å². The first-order chi connectivity index (χ1) is 9.37. The summed E-state index contributed by atoms with van der Waals surface area (Å²) in [4.78, 5) is 2.29. The number of hydrogen-bond acceptors (Lipinski definition) is 6. The SMILES string of the molecule is CCCC1CCN(c2snc(N)c2S(=O)(=O)N(C)C)C1. The zero-order valence-electron chi connectivity index (χ0n) is 12.2. The molecule has 1 aliphatic heterocycles.